The molecule has 3 aliphatic carbocycles. The summed E-state index contributed by atoms with van der Waals surface area (Å²) in [5.74, 6) is 1.77. The number of carbonyl (C=O) groups excluding carboxylic acids is 1. The minimum Gasteiger partial charge on any atom is -0.299 e. The highest BCUT2D eigenvalue weighted by Gasteiger charge is 2.56. The van der Waals surface area contributed by atoms with Gasteiger partial charge in [0.15, 0.2) is 0 Å². The Labute approximate surface area is 79.2 Å². The first-order chi connectivity index (χ1) is 6.33. The lowest BCUT2D eigenvalue weighted by Gasteiger charge is -2.57. The van der Waals surface area contributed by atoms with Crippen molar-refractivity contribution in [1.29, 1.82) is 0 Å². The van der Waals surface area contributed by atoms with Gasteiger partial charge in [0.2, 0.25) is 0 Å². The van der Waals surface area contributed by atoms with Gasteiger partial charge in [-0.1, -0.05) is 12.2 Å². The van der Waals surface area contributed by atoms with Gasteiger partial charge in [0, 0.05) is 12.3 Å². The molecule has 2 fully saturated rings. The predicted molar refractivity (Wildman–Crippen MR) is 51.3 cm³/mol. The van der Waals surface area contributed by atoms with Crippen molar-refractivity contribution >= 4 is 5.78 Å². The number of Topliss-reactive ketones (excluding diaryl/α,β-unsaturated/α-hetero) is 1. The molecule has 3 rings (SSSR count). The van der Waals surface area contributed by atoms with Crippen LogP contribution < -0.4 is 0 Å². The smallest absolute Gasteiger partial charge is 0.136 e. The molecule has 3 aliphatic rings. The lowest BCUT2D eigenvalue weighted by molar-refractivity contribution is -0.145. The highest BCUT2D eigenvalue weighted by molar-refractivity contribution is 5.84. The van der Waals surface area contributed by atoms with Gasteiger partial charge < -0.3 is 0 Å². The maximum Gasteiger partial charge on any atom is 0.136 e. The van der Waals surface area contributed by atoms with Crippen LogP contribution in [0.2, 0.25) is 0 Å². The van der Waals surface area contributed by atoms with Crippen molar-refractivity contribution in [2.45, 2.75) is 38.5 Å². The van der Waals surface area contributed by atoms with Crippen molar-refractivity contribution in [3.8, 4) is 0 Å². The Morgan fingerprint density at radius 3 is 3.00 bits per heavy atom. The third-order valence-electron chi connectivity index (χ3n) is 4.57. The Bertz CT molecular complexity index is 279. The van der Waals surface area contributed by atoms with Gasteiger partial charge in [-0.15, -0.1) is 0 Å². The van der Waals surface area contributed by atoms with Gasteiger partial charge in [-0.25, -0.2) is 0 Å². The van der Waals surface area contributed by atoms with Crippen molar-refractivity contribution in [2.24, 2.45) is 17.3 Å². The summed E-state index contributed by atoms with van der Waals surface area (Å²) in [6.45, 7) is 0. The normalized spacial score (nSPS) is 47.8. The monoisotopic (exact) mass is 176 g/mol. The molecule has 70 valence electrons. The number of hydrogen-bond donors (Lipinski definition) is 0. The van der Waals surface area contributed by atoms with E-state index in [0.29, 0.717) is 17.1 Å². The minimum atomic E-state index is 0.448. The first kappa shape index (κ1) is 7.78. The van der Waals surface area contributed by atoms with Crippen molar-refractivity contribution in [3.63, 3.8) is 0 Å². The molecule has 3 unspecified atom stereocenters. The van der Waals surface area contributed by atoms with Crippen LogP contribution in [-0.4, -0.2) is 5.78 Å². The zero-order valence-electron chi connectivity index (χ0n) is 7.96. The quantitative estimate of drug-likeness (QED) is 0.519. The molecule has 1 nitrogen and oxygen atoms in total. The lowest BCUT2D eigenvalue weighted by atomic mass is 9.46. The fraction of sp³-hybridized carbons (Fsp3) is 0.750. The lowest BCUT2D eigenvalue weighted by Crippen LogP contribution is -2.53. The Hall–Kier alpha value is -0.590. The van der Waals surface area contributed by atoms with Crippen LogP contribution in [0, 0.1) is 17.3 Å². The molecule has 0 bridgehead atoms. The number of rotatable bonds is 0. The fourth-order valence-corrected chi connectivity index (χ4v) is 3.73. The van der Waals surface area contributed by atoms with E-state index in [4.69, 9.17) is 0 Å². The van der Waals surface area contributed by atoms with Crippen molar-refractivity contribution in [3.05, 3.63) is 12.2 Å². The summed E-state index contributed by atoms with van der Waals surface area (Å²) in [5, 5.41) is 0. The Balaban J connectivity index is 1.97. The minimum absolute atomic E-state index is 0.448. The zero-order valence-corrected chi connectivity index (χ0v) is 7.96. The molecule has 1 heteroatoms. The summed E-state index contributed by atoms with van der Waals surface area (Å²) in [6.07, 6.45) is 11.7. The van der Waals surface area contributed by atoms with Gasteiger partial charge in [-0.05, 0) is 43.4 Å². The molecule has 2 saturated carbocycles. The van der Waals surface area contributed by atoms with E-state index >= 15 is 0 Å². The Kier molecular flexibility index (Phi) is 1.47. The second-order valence-electron chi connectivity index (χ2n) is 4.90. The molecule has 0 N–H and O–H groups in total. The highest BCUT2D eigenvalue weighted by Crippen LogP contribution is 2.61. The standard InChI is InChI=1S/C12H16O/c13-11-5-4-9-3-1-2-7-12(9)8-6-10(11)12/h1,3,9-10H,2,4-8H2. The largest absolute Gasteiger partial charge is 0.299 e. The maximum absolute atomic E-state index is 11.7. The molecule has 0 aromatic heterocycles. The summed E-state index contributed by atoms with van der Waals surface area (Å²) in [5.41, 5.74) is 0.448. The molecule has 0 aromatic carbocycles. The van der Waals surface area contributed by atoms with Crippen molar-refractivity contribution in [1.82, 2.24) is 0 Å². The fourth-order valence-electron chi connectivity index (χ4n) is 3.73. The van der Waals surface area contributed by atoms with Gasteiger partial charge >= 0.3 is 0 Å². The van der Waals surface area contributed by atoms with Crippen LogP contribution >= 0.6 is 0 Å². The Morgan fingerprint density at radius 2 is 2.23 bits per heavy atom. The van der Waals surface area contributed by atoms with E-state index in [0.717, 1.165) is 18.8 Å². The molecule has 0 radical (unpaired) electrons. The van der Waals surface area contributed by atoms with Gasteiger partial charge in [0.1, 0.15) is 5.78 Å². The summed E-state index contributed by atoms with van der Waals surface area (Å²) in [4.78, 5) is 11.7. The highest BCUT2D eigenvalue weighted by atomic mass is 16.1. The van der Waals surface area contributed by atoms with E-state index in [1.165, 1.54) is 25.7 Å². The van der Waals surface area contributed by atoms with Crippen LogP contribution in [0.3, 0.4) is 0 Å². The van der Waals surface area contributed by atoms with E-state index in [-0.39, 0.29) is 0 Å². The molecule has 0 saturated heterocycles. The van der Waals surface area contributed by atoms with Crippen molar-refractivity contribution in [2.75, 3.05) is 0 Å². The predicted octanol–water partition coefficient (Wildman–Crippen LogP) is 2.71. The first-order valence-electron chi connectivity index (χ1n) is 5.52. The zero-order chi connectivity index (χ0) is 8.89. The van der Waals surface area contributed by atoms with Crippen LogP contribution in [0.4, 0.5) is 0 Å². The second-order valence-corrected chi connectivity index (χ2v) is 4.90. The summed E-state index contributed by atoms with van der Waals surface area (Å²) < 4.78 is 0. The van der Waals surface area contributed by atoms with Crippen LogP contribution in [0.1, 0.15) is 38.5 Å². The van der Waals surface area contributed by atoms with Gasteiger partial charge in [0.25, 0.3) is 0 Å². The molecule has 0 heterocycles. The molecule has 1 spiro atoms. The molecular weight excluding hydrogens is 160 g/mol. The SMILES string of the molecule is O=C1CCC2C=CCCC23CCC13. The molecule has 3 atom stereocenters. The van der Waals surface area contributed by atoms with E-state index < -0.39 is 0 Å². The number of hydrogen-bond acceptors (Lipinski definition) is 1. The topological polar surface area (TPSA) is 17.1 Å². The van der Waals surface area contributed by atoms with Crippen molar-refractivity contribution < 1.29 is 4.79 Å². The van der Waals surface area contributed by atoms with Crippen LogP contribution in [-0.2, 0) is 4.79 Å². The third-order valence-corrected chi connectivity index (χ3v) is 4.57. The molecule has 13 heavy (non-hydrogen) atoms. The second kappa shape index (κ2) is 2.46. The van der Waals surface area contributed by atoms with Gasteiger partial charge in [-0.3, -0.25) is 4.79 Å². The van der Waals surface area contributed by atoms with E-state index in [9.17, 15) is 4.79 Å². The molecular formula is C12H16O. The maximum atomic E-state index is 11.7. The molecule has 0 amide bonds. The number of ketones is 1. The summed E-state index contributed by atoms with van der Waals surface area (Å²) >= 11 is 0. The third kappa shape index (κ3) is 0.853. The van der Waals surface area contributed by atoms with Crippen LogP contribution in [0.15, 0.2) is 12.2 Å². The van der Waals surface area contributed by atoms with E-state index in [1.54, 1.807) is 0 Å². The summed E-state index contributed by atoms with van der Waals surface area (Å²) in [7, 11) is 0. The average molecular weight is 176 g/mol. The molecule has 0 aliphatic heterocycles. The average Bonchev–Trinajstić information content (AvgIpc) is 2.12. The summed E-state index contributed by atoms with van der Waals surface area (Å²) in [6, 6.07) is 0. The van der Waals surface area contributed by atoms with Gasteiger partial charge in [0.05, 0.1) is 0 Å². The van der Waals surface area contributed by atoms with E-state index in [1.807, 2.05) is 0 Å². The number of carbonyl (C=O) groups is 1. The van der Waals surface area contributed by atoms with E-state index in [2.05, 4.69) is 12.2 Å². The van der Waals surface area contributed by atoms with Gasteiger partial charge in [-0.2, -0.15) is 0 Å². The first-order valence-corrected chi connectivity index (χ1v) is 5.52. The Morgan fingerprint density at radius 1 is 1.31 bits per heavy atom. The van der Waals surface area contributed by atoms with Crippen LogP contribution in [0.25, 0.3) is 0 Å². The van der Waals surface area contributed by atoms with Crippen LogP contribution in [0.5, 0.6) is 0 Å². The number of allylic oxidation sites excluding steroid dienone is 2. The molecule has 0 aromatic rings.